The van der Waals surface area contributed by atoms with E-state index in [4.69, 9.17) is 9.84 Å². The first-order valence-corrected chi connectivity index (χ1v) is 5.45. The Kier molecular flexibility index (Phi) is 3.47. The van der Waals surface area contributed by atoms with Crippen LogP contribution in [0.1, 0.15) is 5.82 Å². The van der Waals surface area contributed by atoms with Crippen molar-refractivity contribution in [2.24, 2.45) is 0 Å². The van der Waals surface area contributed by atoms with Gasteiger partial charge in [0.15, 0.2) is 5.65 Å². The first-order chi connectivity index (χ1) is 9.02. The van der Waals surface area contributed by atoms with E-state index in [1.165, 1.54) is 11.7 Å². The van der Waals surface area contributed by atoms with Gasteiger partial charge in [0.05, 0.1) is 13.2 Å². The number of nitrogens with one attached hydrogen (secondary N) is 2. The van der Waals surface area contributed by atoms with Gasteiger partial charge in [0.2, 0.25) is 0 Å². The third-order valence-corrected chi connectivity index (χ3v) is 2.52. The number of hydrogen-bond donors (Lipinski definition) is 3. The molecule has 0 saturated heterocycles. The largest absolute Gasteiger partial charge is 0.481 e. The number of carboxylic acids is 1. The fourth-order valence-corrected chi connectivity index (χ4v) is 1.71. The summed E-state index contributed by atoms with van der Waals surface area (Å²) < 4.78 is 6.09. The molecule has 0 saturated carbocycles. The van der Waals surface area contributed by atoms with E-state index in [9.17, 15) is 14.4 Å². The molecule has 0 aliphatic carbocycles. The lowest BCUT2D eigenvalue weighted by atomic mass is 10.4. The van der Waals surface area contributed by atoms with E-state index < -0.39 is 17.2 Å². The van der Waals surface area contributed by atoms with Crippen molar-refractivity contribution >= 4 is 17.1 Å². The predicted molar refractivity (Wildman–Crippen MR) is 64.2 cm³/mol. The SMILES string of the molecule is COCCn1c(=O)[nH]c(=O)c2[nH]c(CC(=O)O)nc21. The minimum Gasteiger partial charge on any atom is -0.481 e. The molecule has 0 spiro atoms. The Morgan fingerprint density at radius 3 is 2.79 bits per heavy atom. The third kappa shape index (κ3) is 2.55. The van der Waals surface area contributed by atoms with Crippen molar-refractivity contribution in [3.63, 3.8) is 0 Å². The fourth-order valence-electron chi connectivity index (χ4n) is 1.71. The van der Waals surface area contributed by atoms with Crippen LogP contribution < -0.4 is 11.2 Å². The molecule has 19 heavy (non-hydrogen) atoms. The Labute approximate surface area is 105 Å². The molecule has 0 aromatic carbocycles. The summed E-state index contributed by atoms with van der Waals surface area (Å²) in [6, 6.07) is 0. The van der Waals surface area contributed by atoms with Gasteiger partial charge in [-0.2, -0.15) is 0 Å². The molecular weight excluding hydrogens is 256 g/mol. The zero-order valence-electron chi connectivity index (χ0n) is 10.1. The smallest absolute Gasteiger partial charge is 0.330 e. The van der Waals surface area contributed by atoms with Crippen LogP contribution in [0, 0.1) is 0 Å². The first-order valence-electron chi connectivity index (χ1n) is 5.45. The van der Waals surface area contributed by atoms with Crippen molar-refractivity contribution in [2.45, 2.75) is 13.0 Å². The fraction of sp³-hybridized carbons (Fsp3) is 0.400. The van der Waals surface area contributed by atoms with Crippen molar-refractivity contribution in [1.29, 1.82) is 0 Å². The highest BCUT2D eigenvalue weighted by molar-refractivity contribution is 5.73. The number of fused-ring (bicyclic) bond motifs is 1. The van der Waals surface area contributed by atoms with E-state index in [0.717, 1.165) is 0 Å². The highest BCUT2D eigenvalue weighted by atomic mass is 16.5. The van der Waals surface area contributed by atoms with Gasteiger partial charge in [-0.15, -0.1) is 0 Å². The van der Waals surface area contributed by atoms with E-state index in [0.29, 0.717) is 0 Å². The van der Waals surface area contributed by atoms with Crippen molar-refractivity contribution < 1.29 is 14.6 Å². The molecule has 0 aliphatic rings. The molecule has 0 radical (unpaired) electrons. The molecule has 9 nitrogen and oxygen atoms in total. The van der Waals surface area contributed by atoms with E-state index in [1.807, 2.05) is 0 Å². The Morgan fingerprint density at radius 1 is 1.42 bits per heavy atom. The zero-order valence-corrected chi connectivity index (χ0v) is 10.1. The number of hydrogen-bond acceptors (Lipinski definition) is 5. The number of methoxy groups -OCH3 is 1. The van der Waals surface area contributed by atoms with Crippen LogP contribution in [0.3, 0.4) is 0 Å². The molecule has 0 amide bonds. The molecule has 9 heteroatoms. The second-order valence-corrected chi connectivity index (χ2v) is 3.86. The molecule has 0 atom stereocenters. The lowest BCUT2D eigenvalue weighted by molar-refractivity contribution is -0.136. The number of ether oxygens (including phenoxy) is 1. The molecule has 3 N–H and O–H groups in total. The van der Waals surface area contributed by atoms with Crippen LogP contribution in [0.5, 0.6) is 0 Å². The second kappa shape index (κ2) is 5.06. The maximum Gasteiger partial charge on any atom is 0.330 e. The highest BCUT2D eigenvalue weighted by Gasteiger charge is 2.14. The van der Waals surface area contributed by atoms with Gasteiger partial charge in [0.1, 0.15) is 17.8 Å². The number of carbonyl (C=O) groups is 1. The number of aliphatic carboxylic acids is 1. The number of imidazole rings is 1. The number of rotatable bonds is 5. The topological polar surface area (TPSA) is 130 Å². The molecule has 2 aromatic heterocycles. The van der Waals surface area contributed by atoms with Gasteiger partial charge in [0, 0.05) is 7.11 Å². The van der Waals surface area contributed by atoms with E-state index in [-0.39, 0.29) is 36.6 Å². The normalized spacial score (nSPS) is 11.0. The number of aromatic nitrogens is 4. The molecule has 2 rings (SSSR count). The van der Waals surface area contributed by atoms with Gasteiger partial charge < -0.3 is 14.8 Å². The van der Waals surface area contributed by atoms with Crippen molar-refractivity contribution in [1.82, 2.24) is 19.5 Å². The zero-order chi connectivity index (χ0) is 14.0. The standard InChI is InChI=1S/C10H12N4O5/c1-19-3-2-14-8-7(9(17)13-10(14)18)11-5(12-8)4-6(15)16/h2-4H2,1H3,(H,11,12)(H,15,16)(H,13,17,18). The Hall–Kier alpha value is -2.42. The maximum absolute atomic E-state index is 11.7. The van der Waals surface area contributed by atoms with Gasteiger partial charge in [-0.1, -0.05) is 0 Å². The van der Waals surface area contributed by atoms with Gasteiger partial charge in [0.25, 0.3) is 5.56 Å². The summed E-state index contributed by atoms with van der Waals surface area (Å²) in [7, 11) is 1.48. The van der Waals surface area contributed by atoms with Gasteiger partial charge in [-0.05, 0) is 0 Å². The van der Waals surface area contributed by atoms with Crippen molar-refractivity contribution in [3.05, 3.63) is 26.7 Å². The van der Waals surface area contributed by atoms with Crippen LogP contribution in [0.25, 0.3) is 11.2 Å². The van der Waals surface area contributed by atoms with Crippen LogP contribution in [-0.2, 0) is 22.5 Å². The summed E-state index contributed by atoms with van der Waals surface area (Å²) in [5, 5.41) is 8.69. The van der Waals surface area contributed by atoms with Crippen LogP contribution in [-0.4, -0.2) is 44.3 Å². The van der Waals surface area contributed by atoms with E-state index >= 15 is 0 Å². The summed E-state index contributed by atoms with van der Waals surface area (Å²) in [5.41, 5.74) is -1.03. The van der Waals surface area contributed by atoms with Crippen LogP contribution in [0.15, 0.2) is 9.59 Å². The molecule has 0 unspecified atom stereocenters. The Balaban J connectivity index is 2.60. The van der Waals surface area contributed by atoms with Crippen molar-refractivity contribution in [2.75, 3.05) is 13.7 Å². The van der Waals surface area contributed by atoms with E-state index in [2.05, 4.69) is 15.0 Å². The Bertz CT molecular complexity index is 726. The molecule has 2 heterocycles. The average Bonchev–Trinajstić information content (AvgIpc) is 2.72. The molecule has 0 fully saturated rings. The maximum atomic E-state index is 11.7. The van der Waals surface area contributed by atoms with Crippen LogP contribution >= 0.6 is 0 Å². The summed E-state index contributed by atoms with van der Waals surface area (Å²) in [5.74, 6) is -0.967. The summed E-state index contributed by atoms with van der Waals surface area (Å²) >= 11 is 0. The molecule has 102 valence electrons. The third-order valence-electron chi connectivity index (χ3n) is 2.52. The summed E-state index contributed by atoms with van der Waals surface area (Å²) in [6.07, 6.45) is -0.355. The quantitative estimate of drug-likeness (QED) is 0.617. The average molecular weight is 268 g/mol. The minimum atomic E-state index is -1.08. The number of nitrogens with zero attached hydrogens (tertiary/aromatic N) is 2. The lowest BCUT2D eigenvalue weighted by Crippen LogP contribution is -2.31. The number of aromatic amines is 2. The van der Waals surface area contributed by atoms with Gasteiger partial charge in [-0.25, -0.2) is 9.78 Å². The van der Waals surface area contributed by atoms with Gasteiger partial charge in [-0.3, -0.25) is 19.1 Å². The van der Waals surface area contributed by atoms with Crippen LogP contribution in [0.2, 0.25) is 0 Å². The lowest BCUT2D eigenvalue weighted by Gasteiger charge is -2.04. The molecule has 0 aliphatic heterocycles. The number of H-pyrrole nitrogens is 2. The minimum absolute atomic E-state index is 0.0759. The van der Waals surface area contributed by atoms with Crippen molar-refractivity contribution in [3.8, 4) is 0 Å². The highest BCUT2D eigenvalue weighted by Crippen LogP contribution is 2.05. The second-order valence-electron chi connectivity index (χ2n) is 3.86. The number of carboxylic acid groups (broad SMARTS) is 1. The predicted octanol–water partition coefficient (Wildman–Crippen LogP) is -1.31. The van der Waals surface area contributed by atoms with E-state index in [1.54, 1.807) is 0 Å². The summed E-state index contributed by atoms with van der Waals surface area (Å²) in [6.45, 7) is 0.474. The molecular formula is C10H12N4O5. The first kappa shape index (κ1) is 13.0. The summed E-state index contributed by atoms with van der Waals surface area (Å²) in [4.78, 5) is 42.6. The van der Waals surface area contributed by atoms with Crippen LogP contribution in [0.4, 0.5) is 0 Å². The molecule has 2 aromatic rings. The van der Waals surface area contributed by atoms with Gasteiger partial charge >= 0.3 is 11.7 Å². The Morgan fingerprint density at radius 2 is 2.16 bits per heavy atom. The molecule has 0 bridgehead atoms. The monoisotopic (exact) mass is 268 g/mol.